The highest BCUT2D eigenvalue weighted by Crippen LogP contribution is 2.16. The third kappa shape index (κ3) is 2.85. The summed E-state index contributed by atoms with van der Waals surface area (Å²) in [5, 5.41) is 0. The summed E-state index contributed by atoms with van der Waals surface area (Å²) >= 11 is 0. The number of fused-ring (bicyclic) bond motifs is 1. The van der Waals surface area contributed by atoms with Crippen LogP contribution in [0.1, 0.15) is 11.4 Å². The molecule has 4 nitrogen and oxygen atoms in total. The predicted octanol–water partition coefficient (Wildman–Crippen LogP) is 2.40. The molecule has 0 saturated heterocycles. The topological polar surface area (TPSA) is 46.6 Å². The number of nitrogens with two attached hydrogens (primary N) is 1. The molecular weight excluding hydrogens is 236 g/mol. The van der Waals surface area contributed by atoms with Crippen LogP contribution in [0.2, 0.25) is 0 Å². The van der Waals surface area contributed by atoms with Crippen LogP contribution in [-0.4, -0.2) is 27.4 Å². The zero-order chi connectivity index (χ0) is 13.8. The predicted molar refractivity (Wildman–Crippen MR) is 80.0 cm³/mol. The van der Waals surface area contributed by atoms with Crippen molar-refractivity contribution in [2.45, 2.75) is 13.5 Å². The first kappa shape index (κ1) is 13.4. The number of nitrogen functional groups attached to an aromatic ring is 1. The van der Waals surface area contributed by atoms with Gasteiger partial charge in [0.25, 0.3) is 0 Å². The first-order valence-electron chi connectivity index (χ1n) is 6.33. The maximum absolute atomic E-state index is 5.86. The molecule has 0 spiro atoms. The summed E-state index contributed by atoms with van der Waals surface area (Å²) in [4.78, 5) is 6.81. The number of hydrogen-bond acceptors (Lipinski definition) is 3. The van der Waals surface area contributed by atoms with E-state index in [1.54, 1.807) is 0 Å². The van der Waals surface area contributed by atoms with Gasteiger partial charge < -0.3 is 10.1 Å². The van der Waals surface area contributed by atoms with Gasteiger partial charge in [-0.15, -0.1) is 13.2 Å². The van der Waals surface area contributed by atoms with Crippen LogP contribution in [0, 0.1) is 6.92 Å². The molecule has 0 unspecified atom stereocenters. The van der Waals surface area contributed by atoms with E-state index in [1.165, 1.54) is 0 Å². The Morgan fingerprint density at radius 1 is 1.32 bits per heavy atom. The lowest BCUT2D eigenvalue weighted by Crippen LogP contribution is -2.24. The number of anilines is 1. The molecule has 0 aliphatic rings. The smallest absolute Gasteiger partial charge is 0.137 e. The highest BCUT2D eigenvalue weighted by molar-refractivity contribution is 5.50. The lowest BCUT2D eigenvalue weighted by Gasteiger charge is -2.18. The zero-order valence-corrected chi connectivity index (χ0v) is 11.3. The zero-order valence-electron chi connectivity index (χ0n) is 11.3. The van der Waals surface area contributed by atoms with Gasteiger partial charge in [-0.05, 0) is 19.1 Å². The average Bonchev–Trinajstić information content (AvgIpc) is 2.67. The van der Waals surface area contributed by atoms with E-state index in [9.17, 15) is 0 Å². The number of imidazole rings is 1. The van der Waals surface area contributed by atoms with Crippen LogP contribution in [-0.2, 0) is 6.54 Å². The maximum atomic E-state index is 5.86. The third-order valence-corrected chi connectivity index (χ3v) is 3.09. The van der Waals surface area contributed by atoms with Crippen LogP contribution < -0.4 is 5.73 Å². The molecule has 4 heteroatoms. The van der Waals surface area contributed by atoms with E-state index in [0.717, 1.165) is 42.4 Å². The number of pyridine rings is 1. The molecule has 0 aliphatic carbocycles. The second-order valence-electron chi connectivity index (χ2n) is 4.61. The Morgan fingerprint density at radius 2 is 2.00 bits per heavy atom. The summed E-state index contributed by atoms with van der Waals surface area (Å²) in [6.45, 7) is 12.1. The van der Waals surface area contributed by atoms with E-state index in [-0.39, 0.29) is 0 Å². The van der Waals surface area contributed by atoms with Crippen LogP contribution in [0.4, 0.5) is 5.69 Å². The Hall–Kier alpha value is -2.07. The fourth-order valence-electron chi connectivity index (χ4n) is 2.20. The van der Waals surface area contributed by atoms with E-state index in [1.807, 2.05) is 37.4 Å². The van der Waals surface area contributed by atoms with Gasteiger partial charge in [0.1, 0.15) is 5.65 Å². The van der Waals surface area contributed by atoms with Gasteiger partial charge in [-0.25, -0.2) is 4.98 Å². The summed E-state index contributed by atoms with van der Waals surface area (Å²) in [6, 6.07) is 3.81. The number of hydrogen-bond donors (Lipinski definition) is 1. The first-order valence-corrected chi connectivity index (χ1v) is 6.33. The van der Waals surface area contributed by atoms with Gasteiger partial charge in [0.05, 0.1) is 11.4 Å². The molecule has 0 bridgehead atoms. The fraction of sp³-hybridized carbons (Fsp3) is 0.267. The number of rotatable bonds is 6. The lowest BCUT2D eigenvalue weighted by molar-refractivity contribution is 0.322. The summed E-state index contributed by atoms with van der Waals surface area (Å²) in [7, 11) is 0. The highest BCUT2D eigenvalue weighted by Gasteiger charge is 2.12. The molecule has 2 aromatic rings. The quantitative estimate of drug-likeness (QED) is 0.807. The largest absolute Gasteiger partial charge is 0.398 e. The minimum Gasteiger partial charge on any atom is -0.398 e. The Morgan fingerprint density at radius 3 is 2.63 bits per heavy atom. The van der Waals surface area contributed by atoms with Crippen molar-refractivity contribution >= 4 is 11.3 Å². The van der Waals surface area contributed by atoms with Gasteiger partial charge in [-0.1, -0.05) is 12.2 Å². The van der Waals surface area contributed by atoms with Gasteiger partial charge in [0.15, 0.2) is 0 Å². The molecule has 0 aromatic carbocycles. The Balaban J connectivity index is 2.37. The van der Waals surface area contributed by atoms with Crippen molar-refractivity contribution in [3.63, 3.8) is 0 Å². The van der Waals surface area contributed by atoms with Gasteiger partial charge >= 0.3 is 0 Å². The second-order valence-corrected chi connectivity index (χ2v) is 4.61. The van der Waals surface area contributed by atoms with Crippen molar-refractivity contribution in [2.75, 3.05) is 18.8 Å². The van der Waals surface area contributed by atoms with E-state index < -0.39 is 0 Å². The SMILES string of the molecule is C=CCN(CC=C)Cc1c(C)nc2ccc(N)cn12. The molecule has 2 aromatic heterocycles. The Labute approximate surface area is 113 Å². The fourth-order valence-corrected chi connectivity index (χ4v) is 2.20. The molecule has 2 heterocycles. The minimum atomic E-state index is 0.741. The number of aromatic nitrogens is 2. The van der Waals surface area contributed by atoms with Gasteiger partial charge in [0, 0.05) is 31.5 Å². The van der Waals surface area contributed by atoms with Crippen LogP contribution in [0.5, 0.6) is 0 Å². The van der Waals surface area contributed by atoms with Crippen LogP contribution in [0.15, 0.2) is 43.6 Å². The van der Waals surface area contributed by atoms with E-state index in [2.05, 4.69) is 27.4 Å². The van der Waals surface area contributed by atoms with Gasteiger partial charge in [-0.2, -0.15) is 0 Å². The maximum Gasteiger partial charge on any atom is 0.137 e. The molecular formula is C15H20N4. The molecule has 19 heavy (non-hydrogen) atoms. The Bertz CT molecular complexity index is 587. The van der Waals surface area contributed by atoms with E-state index in [0.29, 0.717) is 0 Å². The molecule has 0 atom stereocenters. The van der Waals surface area contributed by atoms with E-state index >= 15 is 0 Å². The lowest BCUT2D eigenvalue weighted by atomic mass is 10.3. The Kier molecular flexibility index (Phi) is 4.02. The van der Waals surface area contributed by atoms with Crippen molar-refractivity contribution in [1.29, 1.82) is 0 Å². The van der Waals surface area contributed by atoms with Crippen molar-refractivity contribution in [3.8, 4) is 0 Å². The molecule has 0 radical (unpaired) electrons. The summed E-state index contributed by atoms with van der Waals surface area (Å²) in [5.41, 5.74) is 9.72. The monoisotopic (exact) mass is 256 g/mol. The summed E-state index contributed by atoms with van der Waals surface area (Å²) < 4.78 is 2.06. The van der Waals surface area contributed by atoms with Gasteiger partial charge in [-0.3, -0.25) is 4.90 Å². The van der Waals surface area contributed by atoms with Crippen molar-refractivity contribution in [1.82, 2.24) is 14.3 Å². The number of aryl methyl sites for hydroxylation is 1. The minimum absolute atomic E-state index is 0.741. The molecule has 0 amide bonds. The number of nitrogens with zero attached hydrogens (tertiary/aromatic N) is 3. The first-order chi connectivity index (χ1) is 9.15. The average molecular weight is 256 g/mol. The normalized spacial score (nSPS) is 11.1. The molecule has 2 N–H and O–H groups in total. The highest BCUT2D eigenvalue weighted by atomic mass is 15.1. The summed E-state index contributed by atoms with van der Waals surface area (Å²) in [5.74, 6) is 0. The van der Waals surface area contributed by atoms with Gasteiger partial charge in [0.2, 0.25) is 0 Å². The molecule has 0 fully saturated rings. The van der Waals surface area contributed by atoms with Crippen molar-refractivity contribution in [3.05, 3.63) is 55.0 Å². The van der Waals surface area contributed by atoms with E-state index in [4.69, 9.17) is 5.73 Å². The van der Waals surface area contributed by atoms with Crippen LogP contribution in [0.3, 0.4) is 0 Å². The molecule has 0 aliphatic heterocycles. The van der Waals surface area contributed by atoms with Crippen LogP contribution in [0.25, 0.3) is 5.65 Å². The standard InChI is InChI=1S/C15H20N4/c1-4-8-18(9-5-2)11-14-12(3)17-15-7-6-13(16)10-19(14)15/h4-7,10H,1-2,8-9,11,16H2,3H3. The third-order valence-electron chi connectivity index (χ3n) is 3.09. The molecule has 2 rings (SSSR count). The van der Waals surface area contributed by atoms with Crippen molar-refractivity contribution in [2.24, 2.45) is 0 Å². The second kappa shape index (κ2) is 5.71. The molecule has 0 saturated carbocycles. The molecule has 100 valence electrons. The summed E-state index contributed by atoms with van der Waals surface area (Å²) in [6.07, 6.45) is 5.72. The van der Waals surface area contributed by atoms with Crippen LogP contribution >= 0.6 is 0 Å². The van der Waals surface area contributed by atoms with Crippen molar-refractivity contribution < 1.29 is 0 Å².